The number of nitrogen functional groups attached to an aromatic ring is 1. The molecule has 4 nitrogen and oxygen atoms in total. The Morgan fingerprint density at radius 1 is 1.30 bits per heavy atom. The number of carbonyl (C=O) groups is 1. The lowest BCUT2D eigenvalue weighted by atomic mass is 9.91. The molecule has 4 heteroatoms. The molecule has 1 aliphatic carbocycles. The molecule has 1 heterocycles. The van der Waals surface area contributed by atoms with E-state index in [9.17, 15) is 9.90 Å². The SMILES string of the molecule is Nc1ccc(C2(C(=O)N3CCCCC3CO)CC2)cc1. The van der Waals surface area contributed by atoms with Crippen molar-refractivity contribution in [3.05, 3.63) is 29.8 Å². The van der Waals surface area contributed by atoms with E-state index in [-0.39, 0.29) is 24.0 Å². The predicted octanol–water partition coefficient (Wildman–Crippen LogP) is 1.67. The Labute approximate surface area is 119 Å². The number of amides is 1. The number of benzene rings is 1. The zero-order valence-corrected chi connectivity index (χ0v) is 11.7. The first-order valence-electron chi connectivity index (χ1n) is 7.45. The van der Waals surface area contributed by atoms with Crippen molar-refractivity contribution in [2.45, 2.75) is 43.6 Å². The quantitative estimate of drug-likeness (QED) is 0.824. The molecule has 3 rings (SSSR count). The number of likely N-dealkylation sites (tertiary alicyclic amines) is 1. The summed E-state index contributed by atoms with van der Waals surface area (Å²) < 4.78 is 0. The van der Waals surface area contributed by atoms with Gasteiger partial charge in [0.25, 0.3) is 0 Å². The maximum Gasteiger partial charge on any atom is 0.233 e. The van der Waals surface area contributed by atoms with E-state index >= 15 is 0 Å². The second kappa shape index (κ2) is 5.09. The molecular weight excluding hydrogens is 252 g/mol. The highest BCUT2D eigenvalue weighted by molar-refractivity contribution is 5.91. The molecule has 0 bridgehead atoms. The highest BCUT2D eigenvalue weighted by Gasteiger charge is 2.53. The van der Waals surface area contributed by atoms with Crippen LogP contribution in [-0.2, 0) is 10.2 Å². The minimum absolute atomic E-state index is 0.00232. The standard InChI is InChI=1S/C16H22N2O2/c17-13-6-4-12(5-7-13)16(8-9-16)15(20)18-10-2-1-3-14(18)11-19/h4-7,14,19H,1-3,8-11,17H2. The van der Waals surface area contributed by atoms with Crippen molar-refractivity contribution < 1.29 is 9.90 Å². The van der Waals surface area contributed by atoms with Crippen LogP contribution < -0.4 is 5.73 Å². The number of nitrogens with zero attached hydrogens (tertiary/aromatic N) is 1. The molecule has 0 spiro atoms. The van der Waals surface area contributed by atoms with E-state index in [0.29, 0.717) is 0 Å². The van der Waals surface area contributed by atoms with Crippen molar-refractivity contribution >= 4 is 11.6 Å². The molecular formula is C16H22N2O2. The lowest BCUT2D eigenvalue weighted by Gasteiger charge is -2.37. The molecule has 108 valence electrons. The fraction of sp³-hybridized carbons (Fsp3) is 0.562. The van der Waals surface area contributed by atoms with Crippen LogP contribution in [-0.4, -0.2) is 35.1 Å². The minimum Gasteiger partial charge on any atom is -0.399 e. The zero-order valence-electron chi connectivity index (χ0n) is 11.7. The van der Waals surface area contributed by atoms with Crippen molar-refractivity contribution in [2.75, 3.05) is 18.9 Å². The van der Waals surface area contributed by atoms with Crippen LogP contribution in [0.1, 0.15) is 37.7 Å². The highest BCUT2D eigenvalue weighted by atomic mass is 16.3. The number of anilines is 1. The first-order valence-corrected chi connectivity index (χ1v) is 7.45. The molecule has 0 aromatic heterocycles. The molecule has 20 heavy (non-hydrogen) atoms. The van der Waals surface area contributed by atoms with Crippen LogP contribution in [0.25, 0.3) is 0 Å². The van der Waals surface area contributed by atoms with Gasteiger partial charge in [-0.2, -0.15) is 0 Å². The number of aliphatic hydroxyl groups is 1. The Balaban J connectivity index is 1.83. The van der Waals surface area contributed by atoms with Gasteiger partial charge >= 0.3 is 0 Å². The number of hydrogen-bond donors (Lipinski definition) is 2. The molecule has 0 radical (unpaired) electrons. The Kier molecular flexibility index (Phi) is 3.42. The van der Waals surface area contributed by atoms with Crippen LogP contribution in [0.2, 0.25) is 0 Å². The van der Waals surface area contributed by atoms with Crippen molar-refractivity contribution in [3.8, 4) is 0 Å². The molecule has 1 atom stereocenters. The summed E-state index contributed by atoms with van der Waals surface area (Å²) in [5.74, 6) is 0.195. The third-order valence-electron chi connectivity index (χ3n) is 4.72. The van der Waals surface area contributed by atoms with Crippen LogP contribution in [0.15, 0.2) is 24.3 Å². The van der Waals surface area contributed by atoms with E-state index in [1.165, 1.54) is 0 Å². The van der Waals surface area contributed by atoms with Gasteiger partial charge in [-0.25, -0.2) is 0 Å². The van der Waals surface area contributed by atoms with Gasteiger partial charge in [0.15, 0.2) is 0 Å². The van der Waals surface area contributed by atoms with Crippen molar-refractivity contribution in [1.82, 2.24) is 4.90 Å². The Morgan fingerprint density at radius 3 is 2.60 bits per heavy atom. The van der Waals surface area contributed by atoms with Crippen molar-refractivity contribution in [1.29, 1.82) is 0 Å². The number of rotatable bonds is 3. The molecule has 2 fully saturated rings. The Bertz CT molecular complexity index is 494. The van der Waals surface area contributed by atoms with E-state index in [1.54, 1.807) is 0 Å². The van der Waals surface area contributed by atoms with Gasteiger partial charge in [0.05, 0.1) is 18.1 Å². The normalized spacial score (nSPS) is 24.4. The number of aliphatic hydroxyl groups excluding tert-OH is 1. The maximum absolute atomic E-state index is 12.9. The van der Waals surface area contributed by atoms with Gasteiger partial charge in [0.2, 0.25) is 5.91 Å². The third-order valence-corrected chi connectivity index (χ3v) is 4.72. The van der Waals surface area contributed by atoms with Gasteiger partial charge in [-0.1, -0.05) is 12.1 Å². The van der Waals surface area contributed by atoms with Crippen molar-refractivity contribution in [3.63, 3.8) is 0 Å². The molecule has 1 saturated carbocycles. The monoisotopic (exact) mass is 274 g/mol. The van der Waals surface area contributed by atoms with Gasteiger partial charge in [-0.05, 0) is 49.8 Å². The summed E-state index contributed by atoms with van der Waals surface area (Å²) in [5.41, 5.74) is 7.17. The van der Waals surface area contributed by atoms with Gasteiger partial charge in [-0.3, -0.25) is 4.79 Å². The number of piperidine rings is 1. The lowest BCUT2D eigenvalue weighted by molar-refractivity contribution is -0.138. The van der Waals surface area contributed by atoms with E-state index in [2.05, 4.69) is 0 Å². The molecule has 3 N–H and O–H groups in total. The maximum atomic E-state index is 12.9. The van der Waals surface area contributed by atoms with Crippen LogP contribution >= 0.6 is 0 Å². The fourth-order valence-corrected chi connectivity index (χ4v) is 3.29. The summed E-state index contributed by atoms with van der Waals surface area (Å²) in [7, 11) is 0. The second-order valence-electron chi connectivity index (χ2n) is 6.03. The molecule has 1 saturated heterocycles. The number of nitrogens with two attached hydrogens (primary N) is 1. The Morgan fingerprint density at radius 2 is 2.00 bits per heavy atom. The van der Waals surface area contributed by atoms with Crippen LogP contribution in [0.5, 0.6) is 0 Å². The summed E-state index contributed by atoms with van der Waals surface area (Å²) in [6.07, 6.45) is 4.87. The molecule has 2 aliphatic rings. The first-order chi connectivity index (χ1) is 9.67. The average Bonchev–Trinajstić information content (AvgIpc) is 3.29. The van der Waals surface area contributed by atoms with E-state index in [4.69, 9.17) is 5.73 Å². The van der Waals surface area contributed by atoms with Crippen LogP contribution in [0, 0.1) is 0 Å². The Hall–Kier alpha value is -1.55. The fourth-order valence-electron chi connectivity index (χ4n) is 3.29. The summed E-state index contributed by atoms with van der Waals surface area (Å²) >= 11 is 0. The van der Waals surface area contributed by atoms with E-state index in [0.717, 1.165) is 49.9 Å². The van der Waals surface area contributed by atoms with Gasteiger partial charge < -0.3 is 15.7 Å². The average molecular weight is 274 g/mol. The van der Waals surface area contributed by atoms with E-state index in [1.807, 2.05) is 29.2 Å². The van der Waals surface area contributed by atoms with Gasteiger partial charge in [0, 0.05) is 12.2 Å². The third kappa shape index (κ3) is 2.18. The second-order valence-corrected chi connectivity index (χ2v) is 6.03. The largest absolute Gasteiger partial charge is 0.399 e. The summed E-state index contributed by atoms with van der Waals surface area (Å²) in [4.78, 5) is 14.8. The predicted molar refractivity (Wildman–Crippen MR) is 78.2 cm³/mol. The van der Waals surface area contributed by atoms with Crippen molar-refractivity contribution in [2.24, 2.45) is 0 Å². The molecule has 1 aromatic carbocycles. The van der Waals surface area contributed by atoms with Crippen LogP contribution in [0.4, 0.5) is 5.69 Å². The minimum atomic E-state index is -0.349. The summed E-state index contributed by atoms with van der Waals surface area (Å²) in [6, 6.07) is 7.67. The number of carbonyl (C=O) groups excluding carboxylic acids is 1. The number of hydrogen-bond acceptors (Lipinski definition) is 3. The van der Waals surface area contributed by atoms with Gasteiger partial charge in [-0.15, -0.1) is 0 Å². The molecule has 1 aliphatic heterocycles. The van der Waals surface area contributed by atoms with E-state index < -0.39 is 0 Å². The topological polar surface area (TPSA) is 66.6 Å². The smallest absolute Gasteiger partial charge is 0.233 e. The van der Waals surface area contributed by atoms with Crippen LogP contribution in [0.3, 0.4) is 0 Å². The lowest BCUT2D eigenvalue weighted by Crippen LogP contribution is -2.49. The highest BCUT2D eigenvalue weighted by Crippen LogP contribution is 2.50. The molecule has 1 amide bonds. The summed E-state index contributed by atoms with van der Waals surface area (Å²) in [5, 5.41) is 9.49. The molecule has 1 aromatic rings. The first kappa shape index (κ1) is 13.4. The zero-order chi connectivity index (χ0) is 14.2. The summed E-state index contributed by atoms with van der Waals surface area (Å²) in [6.45, 7) is 0.852. The van der Waals surface area contributed by atoms with Gasteiger partial charge in [0.1, 0.15) is 0 Å². The molecule has 1 unspecified atom stereocenters.